The molecule has 0 amide bonds. The number of hydrogen-bond acceptors (Lipinski definition) is 3. The van der Waals surface area contributed by atoms with Crippen molar-refractivity contribution in [2.24, 2.45) is 0 Å². The first kappa shape index (κ1) is 28.6. The fraction of sp³-hybridized carbons (Fsp3) is 0. The van der Waals surface area contributed by atoms with E-state index in [2.05, 4.69) is 140 Å². The molecule has 3 heteroatoms. The van der Waals surface area contributed by atoms with E-state index < -0.39 is 0 Å². The highest BCUT2D eigenvalue weighted by atomic mass is 16.3. The van der Waals surface area contributed by atoms with Crippen molar-refractivity contribution in [2.75, 3.05) is 0 Å². The highest BCUT2D eigenvalue weighted by Crippen LogP contribution is 2.47. The molecule has 0 saturated heterocycles. The van der Waals surface area contributed by atoms with Gasteiger partial charge in [-0.05, 0) is 91.0 Å². The van der Waals surface area contributed by atoms with Crippen LogP contribution in [-0.4, -0.2) is 0 Å². The molecule has 3 aromatic heterocycles. The van der Waals surface area contributed by atoms with Gasteiger partial charge in [0.15, 0.2) is 0 Å². The minimum Gasteiger partial charge on any atom is -0.456 e. The number of fused-ring (bicyclic) bond motifs is 10. The molecule has 9 aromatic carbocycles. The average molecular weight is 677 g/mol. The number of benzene rings is 9. The Morgan fingerprint density at radius 3 is 1.51 bits per heavy atom. The third-order valence-corrected chi connectivity index (χ3v) is 11.1. The highest BCUT2D eigenvalue weighted by molar-refractivity contribution is 6.24. The van der Waals surface area contributed by atoms with E-state index in [4.69, 9.17) is 13.3 Å². The molecule has 0 saturated carbocycles. The third kappa shape index (κ3) is 4.10. The largest absolute Gasteiger partial charge is 0.456 e. The van der Waals surface area contributed by atoms with Crippen molar-refractivity contribution in [3.05, 3.63) is 170 Å². The second kappa shape index (κ2) is 10.7. The third-order valence-electron chi connectivity index (χ3n) is 11.1. The van der Waals surface area contributed by atoms with Crippen LogP contribution in [0, 0.1) is 0 Å². The molecule has 53 heavy (non-hydrogen) atoms. The molecule has 0 aliphatic rings. The summed E-state index contributed by atoms with van der Waals surface area (Å²) < 4.78 is 19.2. The zero-order chi connectivity index (χ0) is 34.6. The van der Waals surface area contributed by atoms with E-state index in [1.165, 1.54) is 49.0 Å². The molecule has 3 heterocycles. The molecule has 0 bridgehead atoms. The van der Waals surface area contributed by atoms with Gasteiger partial charge < -0.3 is 13.3 Å². The molecule has 0 N–H and O–H groups in total. The van der Waals surface area contributed by atoms with Gasteiger partial charge in [0.1, 0.15) is 33.7 Å². The number of furan rings is 3. The predicted molar refractivity (Wildman–Crippen MR) is 220 cm³/mol. The van der Waals surface area contributed by atoms with Crippen LogP contribution in [0.2, 0.25) is 0 Å². The molecule has 0 aliphatic carbocycles. The lowest BCUT2D eigenvalue weighted by atomic mass is 9.85. The Hall–Kier alpha value is -7.10. The summed E-state index contributed by atoms with van der Waals surface area (Å²) in [5.41, 5.74) is 10.1. The molecule has 0 fully saturated rings. The van der Waals surface area contributed by atoms with E-state index in [-0.39, 0.29) is 0 Å². The summed E-state index contributed by atoms with van der Waals surface area (Å²) in [6.45, 7) is 0. The molecule has 3 nitrogen and oxygen atoms in total. The first-order chi connectivity index (χ1) is 26.3. The molecule has 0 atom stereocenters. The number of hydrogen-bond donors (Lipinski definition) is 0. The standard InChI is InChI=1S/C50H28O3/c1-7-21-43-30(11-1)26-48(51-43)50-39-15-4-2-13-37(39)49(38-14-3-5-16-40(38)50)36-20-10-18-32-31(17-9-19-33(32)36)29-23-24-35-42-27-41-34-12-6-8-22-44(34)52-46(41)28-47(42)53-45(35)25-29/h1-28H. The Kier molecular flexibility index (Phi) is 5.77. The van der Waals surface area contributed by atoms with Crippen molar-refractivity contribution >= 4 is 87.2 Å². The van der Waals surface area contributed by atoms with Gasteiger partial charge in [0, 0.05) is 38.6 Å². The first-order valence-electron chi connectivity index (χ1n) is 18.0. The van der Waals surface area contributed by atoms with Gasteiger partial charge in [-0.3, -0.25) is 0 Å². The number of rotatable bonds is 3. The summed E-state index contributed by atoms with van der Waals surface area (Å²) in [4.78, 5) is 0. The Morgan fingerprint density at radius 1 is 0.264 bits per heavy atom. The Bertz CT molecular complexity index is 3370. The molecule has 12 rings (SSSR count). The van der Waals surface area contributed by atoms with Crippen LogP contribution < -0.4 is 0 Å². The summed E-state index contributed by atoms with van der Waals surface area (Å²) in [5, 5.41) is 12.6. The van der Waals surface area contributed by atoms with Crippen LogP contribution in [0.5, 0.6) is 0 Å². The monoisotopic (exact) mass is 676 g/mol. The van der Waals surface area contributed by atoms with Gasteiger partial charge in [-0.2, -0.15) is 0 Å². The fourth-order valence-corrected chi connectivity index (χ4v) is 8.73. The van der Waals surface area contributed by atoms with Crippen LogP contribution in [0.4, 0.5) is 0 Å². The highest BCUT2D eigenvalue weighted by Gasteiger charge is 2.21. The van der Waals surface area contributed by atoms with Crippen LogP contribution in [0.15, 0.2) is 183 Å². The maximum Gasteiger partial charge on any atom is 0.139 e. The van der Waals surface area contributed by atoms with E-state index in [9.17, 15) is 0 Å². The topological polar surface area (TPSA) is 39.4 Å². The minimum absolute atomic E-state index is 0.828. The van der Waals surface area contributed by atoms with Crippen molar-refractivity contribution in [1.29, 1.82) is 0 Å². The van der Waals surface area contributed by atoms with Crippen molar-refractivity contribution < 1.29 is 13.3 Å². The Balaban J connectivity index is 1.06. The molecular formula is C50H28O3. The van der Waals surface area contributed by atoms with Gasteiger partial charge in [-0.25, -0.2) is 0 Å². The SMILES string of the molecule is c1ccc2oc(-c3c4ccccc4c(-c4cccc5c(-c6ccc7c(c6)oc6cc8oc9ccccc9c8cc67)cccc45)c4ccccc34)cc2c1. The van der Waals surface area contributed by atoms with Crippen LogP contribution in [-0.2, 0) is 0 Å². The summed E-state index contributed by atoms with van der Waals surface area (Å²) in [7, 11) is 0. The zero-order valence-electron chi connectivity index (χ0n) is 28.4. The van der Waals surface area contributed by atoms with Crippen molar-refractivity contribution in [1.82, 2.24) is 0 Å². The second-order valence-electron chi connectivity index (χ2n) is 14.0. The molecule has 0 radical (unpaired) electrons. The van der Waals surface area contributed by atoms with Crippen LogP contribution in [0.1, 0.15) is 0 Å². The van der Waals surface area contributed by atoms with E-state index >= 15 is 0 Å². The Morgan fingerprint density at radius 2 is 0.792 bits per heavy atom. The van der Waals surface area contributed by atoms with Crippen molar-refractivity contribution in [2.45, 2.75) is 0 Å². The van der Waals surface area contributed by atoms with E-state index in [1.807, 2.05) is 30.3 Å². The minimum atomic E-state index is 0.828. The van der Waals surface area contributed by atoms with Gasteiger partial charge in [-0.1, -0.05) is 127 Å². The van der Waals surface area contributed by atoms with Crippen LogP contribution >= 0.6 is 0 Å². The van der Waals surface area contributed by atoms with E-state index in [1.54, 1.807) is 0 Å². The molecule has 12 aromatic rings. The normalized spacial score (nSPS) is 12.2. The number of para-hydroxylation sites is 2. The Labute approximate surface area is 302 Å². The van der Waals surface area contributed by atoms with Crippen LogP contribution in [0.3, 0.4) is 0 Å². The summed E-state index contributed by atoms with van der Waals surface area (Å²) in [5.74, 6) is 0.883. The summed E-state index contributed by atoms with van der Waals surface area (Å²) in [6.07, 6.45) is 0. The van der Waals surface area contributed by atoms with Gasteiger partial charge in [0.05, 0.1) is 0 Å². The molecule has 0 spiro atoms. The maximum atomic E-state index is 6.52. The fourth-order valence-electron chi connectivity index (χ4n) is 8.73. The zero-order valence-corrected chi connectivity index (χ0v) is 28.4. The first-order valence-corrected chi connectivity index (χ1v) is 18.0. The lowest BCUT2D eigenvalue weighted by molar-refractivity contribution is 0.633. The van der Waals surface area contributed by atoms with Gasteiger partial charge in [0.2, 0.25) is 0 Å². The molecule has 246 valence electrons. The van der Waals surface area contributed by atoms with Crippen LogP contribution in [0.25, 0.3) is 121 Å². The van der Waals surface area contributed by atoms with Crippen molar-refractivity contribution in [3.8, 4) is 33.6 Å². The van der Waals surface area contributed by atoms with Gasteiger partial charge in [-0.15, -0.1) is 0 Å². The summed E-state index contributed by atoms with van der Waals surface area (Å²) >= 11 is 0. The summed E-state index contributed by atoms with van der Waals surface area (Å²) in [6, 6.07) is 60.3. The lowest BCUT2D eigenvalue weighted by Crippen LogP contribution is -1.91. The quantitative estimate of drug-likeness (QED) is 0.175. The van der Waals surface area contributed by atoms with Gasteiger partial charge >= 0.3 is 0 Å². The van der Waals surface area contributed by atoms with E-state index in [0.717, 1.165) is 71.7 Å². The maximum absolute atomic E-state index is 6.52. The van der Waals surface area contributed by atoms with Gasteiger partial charge in [0.25, 0.3) is 0 Å². The molecule has 0 unspecified atom stereocenters. The predicted octanol–water partition coefficient (Wildman–Crippen LogP) is 14.7. The average Bonchev–Trinajstić information content (AvgIpc) is 3.91. The lowest BCUT2D eigenvalue weighted by Gasteiger charge is -2.18. The van der Waals surface area contributed by atoms with Crippen molar-refractivity contribution in [3.63, 3.8) is 0 Å². The van der Waals surface area contributed by atoms with E-state index in [0.29, 0.717) is 0 Å². The smallest absolute Gasteiger partial charge is 0.139 e. The molecule has 0 aliphatic heterocycles. The second-order valence-corrected chi connectivity index (χ2v) is 14.0. The molecular weight excluding hydrogens is 649 g/mol.